The van der Waals surface area contributed by atoms with E-state index in [0.29, 0.717) is 22.2 Å². The molecule has 0 saturated heterocycles. The number of pyridine rings is 2. The Hall–Kier alpha value is -2.37. The molecule has 0 unspecified atom stereocenters. The van der Waals surface area contributed by atoms with Crippen LogP contribution in [0.2, 0.25) is 5.02 Å². The molecule has 2 heterocycles. The summed E-state index contributed by atoms with van der Waals surface area (Å²) in [6.07, 6.45) is 9.57. The van der Waals surface area contributed by atoms with Gasteiger partial charge in [-0.1, -0.05) is 17.7 Å². The smallest absolute Gasteiger partial charge is 0.255 e. The Kier molecular flexibility index (Phi) is 5.41. The molecule has 0 spiro atoms. The van der Waals surface area contributed by atoms with Crippen molar-refractivity contribution in [2.24, 2.45) is 0 Å². The monoisotopic (exact) mass is 383 g/mol. The zero-order chi connectivity index (χ0) is 18.6. The van der Waals surface area contributed by atoms with Crippen molar-refractivity contribution >= 4 is 22.4 Å². The first-order valence-electron chi connectivity index (χ1n) is 9.29. The van der Waals surface area contributed by atoms with Gasteiger partial charge in [0.15, 0.2) is 0 Å². The van der Waals surface area contributed by atoms with Gasteiger partial charge in [0.1, 0.15) is 5.75 Å². The van der Waals surface area contributed by atoms with Crippen LogP contribution >= 0.6 is 11.6 Å². The van der Waals surface area contributed by atoms with E-state index in [1.165, 1.54) is 5.56 Å². The Bertz CT molecular complexity index is 966. The zero-order valence-corrected chi connectivity index (χ0v) is 15.7. The lowest BCUT2D eigenvalue weighted by Gasteiger charge is -2.30. The first-order valence-corrected chi connectivity index (χ1v) is 9.67. The summed E-state index contributed by atoms with van der Waals surface area (Å²) < 4.78 is 6.16. The molecule has 5 nitrogen and oxygen atoms in total. The molecule has 0 amide bonds. The van der Waals surface area contributed by atoms with Gasteiger partial charge >= 0.3 is 0 Å². The molecule has 0 radical (unpaired) electrons. The highest BCUT2D eigenvalue weighted by molar-refractivity contribution is 6.32. The first-order chi connectivity index (χ1) is 13.2. The molecule has 2 N–H and O–H groups in total. The SMILES string of the molecule is O=c1[nH]ccc2cc(OC3CCC(NCc4cccnc4)CC3)c(Cl)cc12. The molecule has 140 valence electrons. The van der Waals surface area contributed by atoms with Crippen molar-refractivity contribution in [2.45, 2.75) is 44.4 Å². The van der Waals surface area contributed by atoms with E-state index in [9.17, 15) is 4.79 Å². The van der Waals surface area contributed by atoms with Gasteiger partial charge < -0.3 is 15.0 Å². The molecule has 6 heteroatoms. The predicted molar refractivity (Wildman–Crippen MR) is 107 cm³/mol. The van der Waals surface area contributed by atoms with Crippen molar-refractivity contribution in [3.05, 3.63) is 69.9 Å². The second-order valence-electron chi connectivity index (χ2n) is 7.01. The molecule has 1 saturated carbocycles. The van der Waals surface area contributed by atoms with Gasteiger partial charge in [-0.15, -0.1) is 0 Å². The average molecular weight is 384 g/mol. The van der Waals surface area contributed by atoms with Crippen LogP contribution in [0.25, 0.3) is 10.8 Å². The van der Waals surface area contributed by atoms with Gasteiger partial charge in [0.2, 0.25) is 0 Å². The number of nitrogens with zero attached hydrogens (tertiary/aromatic N) is 1. The van der Waals surface area contributed by atoms with Crippen molar-refractivity contribution in [2.75, 3.05) is 0 Å². The number of hydrogen-bond acceptors (Lipinski definition) is 4. The fraction of sp³-hybridized carbons (Fsp3) is 0.333. The average Bonchev–Trinajstić information content (AvgIpc) is 2.70. The molecule has 2 aromatic heterocycles. The quantitative estimate of drug-likeness (QED) is 0.697. The van der Waals surface area contributed by atoms with Crippen LogP contribution in [-0.4, -0.2) is 22.1 Å². The lowest BCUT2D eigenvalue weighted by atomic mass is 9.92. The van der Waals surface area contributed by atoms with Crippen molar-refractivity contribution < 1.29 is 4.74 Å². The van der Waals surface area contributed by atoms with Gasteiger partial charge in [-0.2, -0.15) is 0 Å². The summed E-state index contributed by atoms with van der Waals surface area (Å²) >= 11 is 6.34. The molecule has 4 rings (SSSR count). The molecule has 1 aromatic carbocycles. The standard InChI is InChI=1S/C21H22ClN3O2/c22-19-11-18-15(7-9-24-21(18)26)10-20(19)27-17-5-3-16(4-6-17)25-13-14-2-1-8-23-12-14/h1-2,7-12,16-17,25H,3-6,13H2,(H,24,26). The third-order valence-corrected chi connectivity index (χ3v) is 5.41. The number of aromatic nitrogens is 2. The molecule has 3 aromatic rings. The van der Waals surface area contributed by atoms with Gasteiger partial charge in [0.05, 0.1) is 11.1 Å². The van der Waals surface area contributed by atoms with E-state index in [1.807, 2.05) is 24.4 Å². The van der Waals surface area contributed by atoms with Crippen molar-refractivity contribution in [3.63, 3.8) is 0 Å². The maximum Gasteiger partial charge on any atom is 0.255 e. The third kappa shape index (κ3) is 4.31. The van der Waals surface area contributed by atoms with Crippen LogP contribution in [0.1, 0.15) is 31.2 Å². The first kappa shape index (κ1) is 18.0. The molecular weight excluding hydrogens is 362 g/mol. The van der Waals surface area contributed by atoms with E-state index in [0.717, 1.165) is 37.6 Å². The van der Waals surface area contributed by atoms with Gasteiger partial charge in [0.25, 0.3) is 5.56 Å². The van der Waals surface area contributed by atoms with Crippen LogP contribution in [0.4, 0.5) is 0 Å². The Morgan fingerprint density at radius 2 is 2.07 bits per heavy atom. The van der Waals surface area contributed by atoms with Crippen LogP contribution in [0.5, 0.6) is 5.75 Å². The molecule has 0 aliphatic heterocycles. The highest BCUT2D eigenvalue weighted by Gasteiger charge is 2.23. The minimum Gasteiger partial charge on any atom is -0.489 e. The zero-order valence-electron chi connectivity index (χ0n) is 15.0. The fourth-order valence-corrected chi connectivity index (χ4v) is 3.82. The van der Waals surface area contributed by atoms with Crippen LogP contribution < -0.4 is 15.6 Å². The van der Waals surface area contributed by atoms with Crippen molar-refractivity contribution in [1.29, 1.82) is 0 Å². The summed E-state index contributed by atoms with van der Waals surface area (Å²) in [5.41, 5.74) is 1.06. The van der Waals surface area contributed by atoms with Crippen LogP contribution in [0, 0.1) is 0 Å². The molecule has 1 aliphatic rings. The van der Waals surface area contributed by atoms with E-state index >= 15 is 0 Å². The Labute approximate surface area is 162 Å². The van der Waals surface area contributed by atoms with E-state index in [1.54, 1.807) is 18.5 Å². The van der Waals surface area contributed by atoms with E-state index < -0.39 is 0 Å². The largest absolute Gasteiger partial charge is 0.489 e. The molecule has 0 atom stereocenters. The fourth-order valence-electron chi connectivity index (χ4n) is 3.61. The van der Waals surface area contributed by atoms with Gasteiger partial charge in [-0.05, 0) is 60.9 Å². The summed E-state index contributed by atoms with van der Waals surface area (Å²) in [5.74, 6) is 0.654. The highest BCUT2D eigenvalue weighted by atomic mass is 35.5. The minimum atomic E-state index is -0.138. The second-order valence-corrected chi connectivity index (χ2v) is 7.42. The number of H-pyrrole nitrogens is 1. The molecular formula is C21H22ClN3O2. The van der Waals surface area contributed by atoms with Crippen molar-refractivity contribution in [3.8, 4) is 5.75 Å². The lowest BCUT2D eigenvalue weighted by molar-refractivity contribution is 0.139. The number of hydrogen-bond donors (Lipinski definition) is 2. The van der Waals surface area contributed by atoms with Crippen LogP contribution in [0.15, 0.2) is 53.7 Å². The number of rotatable bonds is 5. The molecule has 0 bridgehead atoms. The van der Waals surface area contributed by atoms with E-state index in [-0.39, 0.29) is 11.7 Å². The summed E-state index contributed by atoms with van der Waals surface area (Å²) in [7, 11) is 0. The van der Waals surface area contributed by atoms with Gasteiger partial charge in [0, 0.05) is 36.6 Å². The maximum atomic E-state index is 11.9. The van der Waals surface area contributed by atoms with Crippen LogP contribution in [0.3, 0.4) is 0 Å². The number of nitrogens with one attached hydrogen (secondary N) is 2. The number of ether oxygens (including phenoxy) is 1. The van der Waals surface area contributed by atoms with Gasteiger partial charge in [-0.3, -0.25) is 9.78 Å². The van der Waals surface area contributed by atoms with Crippen molar-refractivity contribution in [1.82, 2.24) is 15.3 Å². The number of halogens is 1. The van der Waals surface area contributed by atoms with Gasteiger partial charge in [-0.25, -0.2) is 0 Å². The summed E-state index contributed by atoms with van der Waals surface area (Å²) in [4.78, 5) is 18.7. The molecule has 27 heavy (non-hydrogen) atoms. The number of aromatic amines is 1. The van der Waals surface area contributed by atoms with Crippen LogP contribution in [-0.2, 0) is 6.54 Å². The number of benzene rings is 1. The second kappa shape index (κ2) is 8.11. The summed E-state index contributed by atoms with van der Waals surface area (Å²) in [6.45, 7) is 0.842. The Morgan fingerprint density at radius 3 is 2.85 bits per heavy atom. The minimum absolute atomic E-state index is 0.138. The molecule has 1 aliphatic carbocycles. The topological polar surface area (TPSA) is 67.0 Å². The van der Waals surface area contributed by atoms with E-state index in [4.69, 9.17) is 16.3 Å². The Balaban J connectivity index is 1.34. The number of fused-ring (bicyclic) bond motifs is 1. The third-order valence-electron chi connectivity index (χ3n) is 5.11. The highest BCUT2D eigenvalue weighted by Crippen LogP contribution is 2.32. The molecule has 1 fully saturated rings. The summed E-state index contributed by atoms with van der Waals surface area (Å²) in [5, 5.41) is 5.51. The predicted octanol–water partition coefficient (Wildman–Crippen LogP) is 4.06. The Morgan fingerprint density at radius 1 is 1.22 bits per heavy atom. The maximum absolute atomic E-state index is 11.9. The normalized spacial score (nSPS) is 19.9. The van der Waals surface area contributed by atoms with E-state index in [2.05, 4.69) is 21.4 Å². The summed E-state index contributed by atoms with van der Waals surface area (Å²) in [6, 6.07) is 9.95. The lowest BCUT2D eigenvalue weighted by Crippen LogP contribution is -2.36.